The van der Waals surface area contributed by atoms with Gasteiger partial charge in [-0.2, -0.15) is 0 Å². The van der Waals surface area contributed by atoms with Gasteiger partial charge in [-0.15, -0.1) is 0 Å². The monoisotopic (exact) mass is 189 g/mol. The van der Waals surface area contributed by atoms with Crippen molar-refractivity contribution in [2.75, 3.05) is 0 Å². The molecule has 0 fully saturated rings. The number of amides is 1. The number of hydrogen-bond donors (Lipinski definition) is 1. The van der Waals surface area contributed by atoms with Crippen LogP contribution in [0.5, 0.6) is 0 Å². The molecule has 1 aromatic rings. The molecule has 0 saturated heterocycles. The summed E-state index contributed by atoms with van der Waals surface area (Å²) in [5, 5.41) is 3.02. The largest absolute Gasteiger partial charge is 0.345 e. The van der Waals surface area contributed by atoms with Crippen LogP contribution < -0.4 is 5.32 Å². The van der Waals surface area contributed by atoms with Crippen molar-refractivity contribution >= 4 is 5.91 Å². The lowest BCUT2D eigenvalue weighted by atomic mass is 10.0. The molecule has 1 atom stereocenters. The molecule has 1 amide bonds. The smallest absolute Gasteiger partial charge is 0.252 e. The number of unbranched alkanes of at least 4 members (excludes halogenated alkanes) is 1. The topological polar surface area (TPSA) is 29.1 Å². The van der Waals surface area contributed by atoms with Gasteiger partial charge in [-0.3, -0.25) is 4.79 Å². The Labute approximate surface area is 84.3 Å². The van der Waals surface area contributed by atoms with Crippen molar-refractivity contribution in [2.45, 2.75) is 32.2 Å². The molecule has 1 aliphatic rings. The van der Waals surface area contributed by atoms with E-state index in [1.54, 1.807) is 0 Å². The molecule has 1 heterocycles. The summed E-state index contributed by atoms with van der Waals surface area (Å²) in [5.74, 6) is 0.0849. The van der Waals surface area contributed by atoms with E-state index in [9.17, 15) is 4.79 Å². The van der Waals surface area contributed by atoms with Crippen molar-refractivity contribution in [3.05, 3.63) is 35.4 Å². The van der Waals surface area contributed by atoms with Gasteiger partial charge in [0.25, 0.3) is 5.91 Å². The van der Waals surface area contributed by atoms with Gasteiger partial charge in [0.1, 0.15) is 0 Å². The molecule has 0 unspecified atom stereocenters. The highest BCUT2D eigenvalue weighted by molar-refractivity contribution is 5.99. The Morgan fingerprint density at radius 3 is 2.93 bits per heavy atom. The van der Waals surface area contributed by atoms with Crippen LogP contribution in [0.15, 0.2) is 24.3 Å². The van der Waals surface area contributed by atoms with Crippen molar-refractivity contribution in [1.82, 2.24) is 5.32 Å². The van der Waals surface area contributed by atoms with Crippen molar-refractivity contribution in [1.29, 1.82) is 0 Å². The maximum Gasteiger partial charge on any atom is 0.252 e. The molecule has 0 radical (unpaired) electrons. The average Bonchev–Trinajstić information content (AvgIpc) is 2.54. The lowest BCUT2D eigenvalue weighted by molar-refractivity contribution is 0.0954. The number of fused-ring (bicyclic) bond motifs is 1. The van der Waals surface area contributed by atoms with Gasteiger partial charge < -0.3 is 5.32 Å². The average molecular weight is 189 g/mol. The molecule has 1 N–H and O–H groups in total. The Morgan fingerprint density at radius 1 is 1.36 bits per heavy atom. The van der Waals surface area contributed by atoms with Gasteiger partial charge in [-0.05, 0) is 18.1 Å². The first-order chi connectivity index (χ1) is 6.83. The number of rotatable bonds is 3. The quantitative estimate of drug-likeness (QED) is 0.778. The second-order valence-electron chi connectivity index (χ2n) is 3.76. The molecule has 2 nitrogen and oxygen atoms in total. The van der Waals surface area contributed by atoms with Crippen LogP contribution >= 0.6 is 0 Å². The number of carbonyl (C=O) groups excluding carboxylic acids is 1. The third kappa shape index (κ3) is 1.52. The summed E-state index contributed by atoms with van der Waals surface area (Å²) in [5.41, 5.74) is 2.03. The molecule has 2 rings (SSSR count). The first kappa shape index (κ1) is 9.25. The standard InChI is InChI=1S/C12H15NO/c1-2-3-8-11-9-6-4-5-7-10(9)12(14)13-11/h4-7,11H,2-3,8H2,1H3,(H,13,14)/t11-/m1/s1. The van der Waals surface area contributed by atoms with Gasteiger partial charge >= 0.3 is 0 Å². The van der Waals surface area contributed by atoms with E-state index < -0.39 is 0 Å². The summed E-state index contributed by atoms with van der Waals surface area (Å²) >= 11 is 0. The van der Waals surface area contributed by atoms with Gasteiger partial charge in [0.05, 0.1) is 6.04 Å². The molecular weight excluding hydrogens is 174 g/mol. The second-order valence-corrected chi connectivity index (χ2v) is 3.76. The zero-order valence-corrected chi connectivity index (χ0v) is 8.42. The predicted octanol–water partition coefficient (Wildman–Crippen LogP) is 2.66. The van der Waals surface area contributed by atoms with E-state index >= 15 is 0 Å². The maximum absolute atomic E-state index is 11.5. The fraction of sp³-hybridized carbons (Fsp3) is 0.417. The minimum atomic E-state index is 0.0849. The highest BCUT2D eigenvalue weighted by atomic mass is 16.2. The van der Waals surface area contributed by atoms with Crippen LogP contribution in [0.3, 0.4) is 0 Å². The Balaban J connectivity index is 2.21. The molecule has 0 saturated carbocycles. The van der Waals surface area contributed by atoms with E-state index in [1.165, 1.54) is 18.4 Å². The first-order valence-electron chi connectivity index (χ1n) is 5.22. The van der Waals surface area contributed by atoms with Gasteiger partial charge in [-0.1, -0.05) is 38.0 Å². The van der Waals surface area contributed by atoms with E-state index in [2.05, 4.69) is 12.2 Å². The van der Waals surface area contributed by atoms with Gasteiger partial charge in [0.15, 0.2) is 0 Å². The van der Waals surface area contributed by atoms with E-state index in [-0.39, 0.29) is 11.9 Å². The zero-order chi connectivity index (χ0) is 9.97. The fourth-order valence-corrected chi connectivity index (χ4v) is 1.96. The number of hydrogen-bond acceptors (Lipinski definition) is 1. The minimum absolute atomic E-state index is 0.0849. The second kappa shape index (κ2) is 3.82. The van der Waals surface area contributed by atoms with Crippen LogP contribution in [-0.2, 0) is 0 Å². The fourth-order valence-electron chi connectivity index (χ4n) is 1.96. The normalized spacial score (nSPS) is 19.2. The Hall–Kier alpha value is -1.31. The zero-order valence-electron chi connectivity index (χ0n) is 8.42. The molecule has 1 aromatic carbocycles. The maximum atomic E-state index is 11.5. The molecule has 14 heavy (non-hydrogen) atoms. The highest BCUT2D eigenvalue weighted by Crippen LogP contribution is 2.28. The van der Waals surface area contributed by atoms with Crippen molar-refractivity contribution in [3.8, 4) is 0 Å². The number of carbonyl (C=O) groups is 1. The molecule has 0 aliphatic carbocycles. The predicted molar refractivity (Wildman–Crippen MR) is 56.2 cm³/mol. The summed E-state index contributed by atoms with van der Waals surface area (Å²) < 4.78 is 0. The Morgan fingerprint density at radius 2 is 2.14 bits per heavy atom. The lowest BCUT2D eigenvalue weighted by Crippen LogP contribution is -2.18. The van der Waals surface area contributed by atoms with Crippen molar-refractivity contribution < 1.29 is 4.79 Å². The summed E-state index contributed by atoms with van der Waals surface area (Å²) in [6.45, 7) is 2.17. The van der Waals surface area contributed by atoms with Crippen molar-refractivity contribution in [2.24, 2.45) is 0 Å². The molecule has 0 aromatic heterocycles. The van der Waals surface area contributed by atoms with Gasteiger partial charge in [0, 0.05) is 5.56 Å². The SMILES string of the molecule is CCCC[C@H]1NC(=O)c2ccccc21. The molecule has 0 spiro atoms. The van der Waals surface area contributed by atoms with E-state index in [0.717, 1.165) is 12.0 Å². The minimum Gasteiger partial charge on any atom is -0.345 e. The van der Waals surface area contributed by atoms with Crippen LogP contribution in [0.2, 0.25) is 0 Å². The molecule has 0 bridgehead atoms. The molecule has 2 heteroatoms. The third-order valence-electron chi connectivity index (χ3n) is 2.73. The van der Waals surface area contributed by atoms with Gasteiger partial charge in [0.2, 0.25) is 0 Å². The first-order valence-corrected chi connectivity index (χ1v) is 5.22. The molecule has 1 aliphatic heterocycles. The highest BCUT2D eigenvalue weighted by Gasteiger charge is 2.26. The van der Waals surface area contributed by atoms with Crippen LogP contribution in [0.4, 0.5) is 0 Å². The summed E-state index contributed by atoms with van der Waals surface area (Å²) in [7, 11) is 0. The van der Waals surface area contributed by atoms with E-state index in [1.807, 2.05) is 24.3 Å². The van der Waals surface area contributed by atoms with E-state index in [4.69, 9.17) is 0 Å². The summed E-state index contributed by atoms with van der Waals surface area (Å²) in [4.78, 5) is 11.5. The summed E-state index contributed by atoms with van der Waals surface area (Å²) in [6, 6.07) is 8.11. The Kier molecular flexibility index (Phi) is 2.53. The van der Waals surface area contributed by atoms with Crippen LogP contribution in [-0.4, -0.2) is 5.91 Å². The number of benzene rings is 1. The van der Waals surface area contributed by atoms with Crippen LogP contribution in [0, 0.1) is 0 Å². The van der Waals surface area contributed by atoms with Crippen LogP contribution in [0.25, 0.3) is 0 Å². The lowest BCUT2D eigenvalue weighted by Gasteiger charge is -2.09. The van der Waals surface area contributed by atoms with E-state index in [0.29, 0.717) is 0 Å². The van der Waals surface area contributed by atoms with Crippen LogP contribution in [0.1, 0.15) is 48.1 Å². The third-order valence-corrected chi connectivity index (χ3v) is 2.73. The number of nitrogens with one attached hydrogen (secondary N) is 1. The van der Waals surface area contributed by atoms with Crippen molar-refractivity contribution in [3.63, 3.8) is 0 Å². The Bertz CT molecular complexity index is 346. The molecular formula is C12H15NO. The van der Waals surface area contributed by atoms with Gasteiger partial charge in [-0.25, -0.2) is 0 Å². The molecule has 74 valence electrons. The summed E-state index contributed by atoms with van der Waals surface area (Å²) in [6.07, 6.45) is 3.40.